The predicted octanol–water partition coefficient (Wildman–Crippen LogP) is 3.40. The molecule has 128 valence electrons. The van der Waals surface area contributed by atoms with Crippen LogP contribution in [-0.4, -0.2) is 43.8 Å². The van der Waals surface area contributed by atoms with Gasteiger partial charge in [-0.2, -0.15) is 4.31 Å². The Bertz CT molecular complexity index is 842. The van der Waals surface area contributed by atoms with Crippen molar-refractivity contribution in [3.8, 4) is 0 Å². The van der Waals surface area contributed by atoms with Crippen LogP contribution in [0.2, 0.25) is 4.34 Å². The Labute approximate surface area is 151 Å². The Morgan fingerprint density at radius 1 is 1.04 bits per heavy atom. The number of hydrogen-bond acceptors (Lipinski definition) is 4. The van der Waals surface area contributed by atoms with Crippen LogP contribution in [0.3, 0.4) is 0 Å². The molecule has 1 aromatic heterocycles. The number of benzene rings is 1. The van der Waals surface area contributed by atoms with Gasteiger partial charge in [-0.05, 0) is 36.1 Å². The molecule has 2 aromatic rings. The Morgan fingerprint density at radius 2 is 1.79 bits per heavy atom. The van der Waals surface area contributed by atoms with Crippen molar-refractivity contribution in [2.24, 2.45) is 0 Å². The summed E-state index contributed by atoms with van der Waals surface area (Å²) in [5.74, 6) is 0. The van der Waals surface area contributed by atoms with Gasteiger partial charge in [0.25, 0.3) is 10.0 Å². The number of sulfonamides is 1. The second-order valence-electron chi connectivity index (χ2n) is 6.25. The molecule has 1 atom stereocenters. The molecule has 0 bridgehead atoms. The van der Waals surface area contributed by atoms with Gasteiger partial charge in [0.15, 0.2) is 0 Å². The Kier molecular flexibility index (Phi) is 4.43. The molecule has 1 aromatic carbocycles. The van der Waals surface area contributed by atoms with E-state index in [1.165, 1.54) is 11.1 Å². The molecular weight excluding hydrogens is 364 g/mol. The average molecular weight is 383 g/mol. The van der Waals surface area contributed by atoms with E-state index in [-0.39, 0.29) is 0 Å². The van der Waals surface area contributed by atoms with Crippen molar-refractivity contribution in [3.63, 3.8) is 0 Å². The van der Waals surface area contributed by atoms with E-state index in [1.807, 2.05) is 0 Å². The first-order valence-corrected chi connectivity index (χ1v) is 10.8. The van der Waals surface area contributed by atoms with Gasteiger partial charge in [-0.25, -0.2) is 8.42 Å². The van der Waals surface area contributed by atoms with Crippen LogP contribution in [0.15, 0.2) is 40.6 Å². The second kappa shape index (κ2) is 6.42. The highest BCUT2D eigenvalue weighted by Gasteiger charge is 2.34. The summed E-state index contributed by atoms with van der Waals surface area (Å²) in [6, 6.07) is 12.3. The molecule has 1 aliphatic carbocycles. The molecule has 2 aliphatic rings. The molecule has 2 heterocycles. The SMILES string of the molecule is O=S(=O)(c1ccc(Cl)s1)N1CCN(C2CCc3ccccc32)CC1. The van der Waals surface area contributed by atoms with E-state index in [4.69, 9.17) is 11.6 Å². The summed E-state index contributed by atoms with van der Waals surface area (Å²) in [5.41, 5.74) is 2.85. The molecule has 0 N–H and O–H groups in total. The highest BCUT2D eigenvalue weighted by molar-refractivity contribution is 7.91. The van der Waals surface area contributed by atoms with Gasteiger partial charge in [-0.15, -0.1) is 11.3 Å². The topological polar surface area (TPSA) is 40.6 Å². The number of rotatable bonds is 3. The van der Waals surface area contributed by atoms with Gasteiger partial charge in [0, 0.05) is 32.2 Å². The van der Waals surface area contributed by atoms with Gasteiger partial charge in [0.2, 0.25) is 0 Å². The lowest BCUT2D eigenvalue weighted by Gasteiger charge is -2.37. The lowest BCUT2D eigenvalue weighted by Crippen LogP contribution is -2.49. The molecule has 7 heteroatoms. The lowest BCUT2D eigenvalue weighted by atomic mass is 10.1. The first kappa shape index (κ1) is 16.5. The van der Waals surface area contributed by atoms with Gasteiger partial charge < -0.3 is 0 Å². The van der Waals surface area contributed by atoms with Crippen molar-refractivity contribution in [1.29, 1.82) is 0 Å². The molecule has 1 unspecified atom stereocenters. The number of piperazine rings is 1. The lowest BCUT2D eigenvalue weighted by molar-refractivity contribution is 0.137. The zero-order chi connectivity index (χ0) is 16.7. The van der Waals surface area contributed by atoms with Crippen molar-refractivity contribution in [2.45, 2.75) is 23.1 Å². The number of nitrogens with zero attached hydrogens (tertiary/aromatic N) is 2. The van der Waals surface area contributed by atoms with E-state index < -0.39 is 10.0 Å². The number of halogens is 1. The largest absolute Gasteiger partial charge is 0.294 e. The van der Waals surface area contributed by atoms with Crippen LogP contribution in [0, 0.1) is 0 Å². The molecule has 1 aliphatic heterocycles. The van der Waals surface area contributed by atoms with E-state index in [9.17, 15) is 8.42 Å². The zero-order valence-corrected chi connectivity index (χ0v) is 15.6. The van der Waals surface area contributed by atoms with Crippen LogP contribution in [0.25, 0.3) is 0 Å². The van der Waals surface area contributed by atoms with Gasteiger partial charge in [-0.1, -0.05) is 35.9 Å². The van der Waals surface area contributed by atoms with Crippen LogP contribution >= 0.6 is 22.9 Å². The normalized spacial score (nSPS) is 22.6. The van der Waals surface area contributed by atoms with Crippen LogP contribution in [0.4, 0.5) is 0 Å². The molecule has 0 amide bonds. The quantitative estimate of drug-likeness (QED) is 0.816. The van der Waals surface area contributed by atoms with Crippen molar-refractivity contribution >= 4 is 33.0 Å². The second-order valence-corrected chi connectivity index (χ2v) is 10.1. The summed E-state index contributed by atoms with van der Waals surface area (Å²) in [5, 5.41) is 0. The molecule has 4 rings (SSSR count). The maximum atomic E-state index is 12.7. The zero-order valence-electron chi connectivity index (χ0n) is 13.2. The fourth-order valence-corrected chi connectivity index (χ4v) is 6.79. The molecule has 4 nitrogen and oxygen atoms in total. The van der Waals surface area contributed by atoms with Gasteiger partial charge >= 0.3 is 0 Å². The van der Waals surface area contributed by atoms with E-state index in [0.29, 0.717) is 27.7 Å². The highest BCUT2D eigenvalue weighted by atomic mass is 35.5. The van der Waals surface area contributed by atoms with Gasteiger partial charge in [0.05, 0.1) is 4.34 Å². The number of aryl methyl sites for hydroxylation is 1. The van der Waals surface area contributed by atoms with Crippen LogP contribution < -0.4 is 0 Å². The molecule has 1 saturated heterocycles. The van der Waals surface area contributed by atoms with E-state index >= 15 is 0 Å². The maximum Gasteiger partial charge on any atom is 0.252 e. The van der Waals surface area contributed by atoms with E-state index in [1.54, 1.807) is 16.4 Å². The highest BCUT2D eigenvalue weighted by Crippen LogP contribution is 2.36. The van der Waals surface area contributed by atoms with Gasteiger partial charge in [0.1, 0.15) is 4.21 Å². The predicted molar refractivity (Wildman–Crippen MR) is 97.2 cm³/mol. The van der Waals surface area contributed by atoms with Crippen molar-refractivity contribution in [3.05, 3.63) is 51.9 Å². The van der Waals surface area contributed by atoms with Gasteiger partial charge in [-0.3, -0.25) is 4.90 Å². The summed E-state index contributed by atoms with van der Waals surface area (Å²) in [7, 11) is -3.41. The molecule has 0 spiro atoms. The van der Waals surface area contributed by atoms with Crippen molar-refractivity contribution in [2.75, 3.05) is 26.2 Å². The summed E-state index contributed by atoms with van der Waals surface area (Å²) in [4.78, 5) is 2.43. The van der Waals surface area contributed by atoms with Crippen molar-refractivity contribution < 1.29 is 8.42 Å². The summed E-state index contributed by atoms with van der Waals surface area (Å²) in [6.45, 7) is 2.63. The molecule has 24 heavy (non-hydrogen) atoms. The van der Waals surface area contributed by atoms with Crippen molar-refractivity contribution in [1.82, 2.24) is 9.21 Å². The fourth-order valence-electron chi connectivity index (χ4n) is 3.73. The van der Waals surface area contributed by atoms with Crippen LogP contribution in [-0.2, 0) is 16.4 Å². The fraction of sp³-hybridized carbons (Fsp3) is 0.412. The van der Waals surface area contributed by atoms with E-state index in [2.05, 4.69) is 29.2 Å². The smallest absolute Gasteiger partial charge is 0.252 e. The number of thiophene rings is 1. The minimum absolute atomic E-state index is 0.340. The maximum absolute atomic E-state index is 12.7. The Balaban J connectivity index is 1.46. The average Bonchev–Trinajstić information content (AvgIpc) is 3.21. The van der Waals surface area contributed by atoms with E-state index in [0.717, 1.165) is 37.3 Å². The first-order valence-electron chi connectivity index (χ1n) is 8.13. The number of fused-ring (bicyclic) bond motifs is 1. The van der Waals surface area contributed by atoms with Crippen LogP contribution in [0.5, 0.6) is 0 Å². The third-order valence-corrected chi connectivity index (χ3v) is 8.56. The minimum Gasteiger partial charge on any atom is -0.294 e. The summed E-state index contributed by atoms with van der Waals surface area (Å²) >= 11 is 7.02. The third kappa shape index (κ3) is 2.91. The van der Waals surface area contributed by atoms with Crippen LogP contribution in [0.1, 0.15) is 23.6 Å². The standard InChI is InChI=1S/C17H19ClN2O2S2/c18-16-7-8-17(23-16)24(21,22)20-11-9-19(10-12-20)15-6-5-13-3-1-2-4-14(13)15/h1-4,7-8,15H,5-6,9-12H2. The monoisotopic (exact) mass is 382 g/mol. The summed E-state index contributed by atoms with van der Waals surface area (Å²) in [6.07, 6.45) is 2.25. The Morgan fingerprint density at radius 3 is 2.50 bits per heavy atom. The summed E-state index contributed by atoms with van der Waals surface area (Å²) < 4.78 is 27.8. The number of hydrogen-bond donors (Lipinski definition) is 0. The third-order valence-electron chi connectivity index (χ3n) is 4.96. The molecule has 0 saturated carbocycles. The molecular formula is C17H19ClN2O2S2. The first-order chi connectivity index (χ1) is 11.6. The molecule has 1 fully saturated rings. The minimum atomic E-state index is -3.41. The Hall–Kier alpha value is -0.920. The molecule has 0 radical (unpaired) electrons.